The maximum atomic E-state index is 12.6. The molecule has 27 heavy (non-hydrogen) atoms. The van der Waals surface area contributed by atoms with Gasteiger partial charge in [-0.25, -0.2) is 14.0 Å². The number of rotatable bonds is 10. The number of carboxylic acids is 2. The number of hydrogen-bond donors (Lipinski definition) is 2. The number of aromatic nitrogens is 4. The van der Waals surface area contributed by atoms with Gasteiger partial charge in [0, 0.05) is 11.1 Å². The highest BCUT2D eigenvalue weighted by molar-refractivity contribution is 5.70. The number of likely N-dealkylation sites (N-methyl/N-ethyl adjacent to an activating group) is 1. The lowest BCUT2D eigenvalue weighted by Gasteiger charge is -2.31. The summed E-state index contributed by atoms with van der Waals surface area (Å²) in [5, 5.41) is 33.2. The lowest BCUT2D eigenvalue weighted by Crippen LogP contribution is -2.50. The summed E-state index contributed by atoms with van der Waals surface area (Å²) in [6.45, 7) is -1.65. The first-order valence-corrected chi connectivity index (χ1v) is 7.92. The molecule has 0 saturated carbocycles. The summed E-state index contributed by atoms with van der Waals surface area (Å²) in [6, 6.07) is 4.86. The van der Waals surface area contributed by atoms with E-state index in [4.69, 9.17) is 14.9 Å². The van der Waals surface area contributed by atoms with Crippen molar-refractivity contribution in [2.24, 2.45) is 0 Å². The zero-order valence-electron chi connectivity index (χ0n) is 14.6. The summed E-state index contributed by atoms with van der Waals surface area (Å²) in [5.74, 6) is -1.73. The molecule has 2 rings (SSSR count). The number of carbonyl (C=O) groups is 2. The van der Waals surface area contributed by atoms with Crippen LogP contribution in [-0.2, 0) is 16.1 Å². The second-order valence-electron chi connectivity index (χ2n) is 6.11. The van der Waals surface area contributed by atoms with Gasteiger partial charge in [0.1, 0.15) is 25.6 Å². The maximum absolute atomic E-state index is 12.6. The third kappa shape index (κ3) is 5.92. The summed E-state index contributed by atoms with van der Waals surface area (Å²) in [4.78, 5) is 22.3. The molecule has 0 aliphatic rings. The van der Waals surface area contributed by atoms with E-state index in [1.165, 1.54) is 13.4 Å². The van der Waals surface area contributed by atoms with Crippen LogP contribution in [0.2, 0.25) is 0 Å². The summed E-state index contributed by atoms with van der Waals surface area (Å²) >= 11 is 0. The molecular formula is C16H19FN5O5+. The number of nitrogens with zero attached hydrogens (tertiary/aromatic N) is 5. The maximum Gasteiger partial charge on any atom is 0.359 e. The minimum absolute atomic E-state index is 0.0621. The van der Waals surface area contributed by atoms with Gasteiger partial charge in [0.25, 0.3) is 0 Å². The largest absolute Gasteiger partial charge is 0.490 e. The van der Waals surface area contributed by atoms with Crippen molar-refractivity contribution in [1.29, 1.82) is 0 Å². The van der Waals surface area contributed by atoms with Crippen LogP contribution < -0.4 is 4.74 Å². The number of halogens is 1. The summed E-state index contributed by atoms with van der Waals surface area (Å²) < 4.78 is 17.7. The van der Waals surface area contributed by atoms with Gasteiger partial charge in [-0.2, -0.15) is 0 Å². The van der Waals surface area contributed by atoms with Crippen molar-refractivity contribution in [3.8, 4) is 17.1 Å². The summed E-state index contributed by atoms with van der Waals surface area (Å²) in [7, 11) is 1.52. The monoisotopic (exact) mass is 380 g/mol. The number of benzene rings is 1. The van der Waals surface area contributed by atoms with Gasteiger partial charge in [-0.1, -0.05) is 6.07 Å². The van der Waals surface area contributed by atoms with E-state index < -0.39 is 31.7 Å². The van der Waals surface area contributed by atoms with Gasteiger partial charge in [-0.3, -0.25) is 0 Å². The smallest absolute Gasteiger partial charge is 0.359 e. The van der Waals surface area contributed by atoms with Crippen molar-refractivity contribution in [2.45, 2.75) is 6.54 Å². The molecule has 0 atom stereocenters. The van der Waals surface area contributed by atoms with E-state index in [2.05, 4.69) is 20.4 Å². The fourth-order valence-electron chi connectivity index (χ4n) is 2.66. The van der Waals surface area contributed by atoms with Gasteiger partial charge in [-0.15, -0.1) is 20.4 Å². The van der Waals surface area contributed by atoms with Gasteiger partial charge in [-0.05, 0) is 12.1 Å². The van der Waals surface area contributed by atoms with Crippen LogP contribution in [-0.4, -0.2) is 80.4 Å². The Kier molecular flexibility index (Phi) is 6.66. The van der Waals surface area contributed by atoms with E-state index in [0.29, 0.717) is 11.1 Å². The molecule has 11 heteroatoms. The Morgan fingerprint density at radius 3 is 2.33 bits per heavy atom. The lowest BCUT2D eigenvalue weighted by molar-refractivity contribution is -0.908. The van der Waals surface area contributed by atoms with E-state index in [9.17, 15) is 14.0 Å². The number of aliphatic carboxylic acids is 2. The molecular weight excluding hydrogens is 361 g/mol. The van der Waals surface area contributed by atoms with E-state index in [1.54, 1.807) is 18.2 Å². The van der Waals surface area contributed by atoms with Crippen molar-refractivity contribution in [3.63, 3.8) is 0 Å². The Morgan fingerprint density at radius 2 is 1.78 bits per heavy atom. The first kappa shape index (κ1) is 20.1. The zero-order chi connectivity index (χ0) is 19.9. The highest BCUT2D eigenvalue weighted by Crippen LogP contribution is 2.28. The first-order chi connectivity index (χ1) is 12.8. The second-order valence-corrected chi connectivity index (χ2v) is 6.11. The molecule has 1 aromatic carbocycles. The number of quaternary nitrogens is 1. The molecule has 10 nitrogen and oxygen atoms in total. The molecule has 1 heterocycles. The summed E-state index contributed by atoms with van der Waals surface area (Å²) in [6.07, 6.45) is 1.18. The van der Waals surface area contributed by atoms with E-state index >= 15 is 0 Å². The highest BCUT2D eigenvalue weighted by atomic mass is 19.1. The van der Waals surface area contributed by atoms with Crippen molar-refractivity contribution in [3.05, 3.63) is 30.1 Å². The molecule has 2 N–H and O–H groups in total. The molecule has 0 radical (unpaired) electrons. The van der Waals surface area contributed by atoms with Gasteiger partial charge in [0.15, 0.2) is 19.4 Å². The van der Waals surface area contributed by atoms with Crippen molar-refractivity contribution >= 4 is 11.9 Å². The third-order valence-electron chi connectivity index (χ3n) is 3.65. The van der Waals surface area contributed by atoms with E-state index in [0.717, 1.165) is 0 Å². The Balaban J connectivity index is 2.38. The Hall–Kier alpha value is -3.21. The van der Waals surface area contributed by atoms with Crippen LogP contribution in [0.25, 0.3) is 11.4 Å². The quantitative estimate of drug-likeness (QED) is 0.561. The molecule has 144 valence electrons. The fourth-order valence-corrected chi connectivity index (χ4v) is 2.66. The molecule has 0 fully saturated rings. The Labute approximate surface area is 153 Å². The fraction of sp³-hybridized carbons (Fsp3) is 0.375. The van der Waals surface area contributed by atoms with Crippen LogP contribution in [0.15, 0.2) is 24.5 Å². The highest BCUT2D eigenvalue weighted by Gasteiger charge is 2.30. The van der Waals surface area contributed by atoms with E-state index in [1.807, 2.05) is 0 Å². The molecule has 0 spiro atoms. The molecule has 0 amide bonds. The molecule has 2 aromatic rings. The molecule has 0 saturated heterocycles. The van der Waals surface area contributed by atoms with Crippen LogP contribution in [0.1, 0.15) is 5.56 Å². The predicted octanol–water partition coefficient (Wildman–Crippen LogP) is 0.398. The zero-order valence-corrected chi connectivity index (χ0v) is 14.6. The summed E-state index contributed by atoms with van der Waals surface area (Å²) in [5.41, 5.74) is 1.06. The topological polar surface area (TPSA) is 135 Å². The van der Waals surface area contributed by atoms with Gasteiger partial charge < -0.3 is 19.4 Å². The SMILES string of the molecule is C[N+](CC(=O)O)(CC(=O)O)Cc1ccc(-c2nncnn2)cc1OCCF. The number of alkyl halides is 1. The van der Waals surface area contributed by atoms with Gasteiger partial charge >= 0.3 is 11.9 Å². The predicted molar refractivity (Wildman–Crippen MR) is 89.4 cm³/mol. The van der Waals surface area contributed by atoms with E-state index in [-0.39, 0.29) is 29.2 Å². The van der Waals surface area contributed by atoms with Crippen LogP contribution in [0.4, 0.5) is 4.39 Å². The van der Waals surface area contributed by atoms with Crippen molar-refractivity contribution in [2.75, 3.05) is 33.4 Å². The standard InChI is InChI=1S/C16H18FN5O5/c1-22(8-14(23)24,9-15(25)26)7-12-3-2-11(6-13(12)27-5-4-17)16-20-18-10-19-21-16/h2-3,6,10H,4-5,7-9H2,1H3,(H-,23,24,25,26)/p+1. The minimum atomic E-state index is -1.13. The molecule has 0 aliphatic heterocycles. The molecule has 1 aromatic heterocycles. The first-order valence-electron chi connectivity index (χ1n) is 7.92. The Morgan fingerprint density at radius 1 is 1.15 bits per heavy atom. The van der Waals surface area contributed by atoms with Crippen molar-refractivity contribution < 1.29 is 33.4 Å². The average Bonchev–Trinajstić information content (AvgIpc) is 2.60. The third-order valence-corrected chi connectivity index (χ3v) is 3.65. The van der Waals surface area contributed by atoms with Gasteiger partial charge in [0.05, 0.1) is 7.05 Å². The van der Waals surface area contributed by atoms with Gasteiger partial charge in [0.2, 0.25) is 5.82 Å². The Bertz CT molecular complexity index is 789. The average molecular weight is 380 g/mol. The molecule has 0 unspecified atom stereocenters. The van der Waals surface area contributed by atoms with Crippen LogP contribution in [0.5, 0.6) is 5.75 Å². The molecule has 0 aliphatic carbocycles. The second kappa shape index (κ2) is 8.94. The van der Waals surface area contributed by atoms with Crippen LogP contribution in [0.3, 0.4) is 0 Å². The minimum Gasteiger partial charge on any atom is -0.490 e. The number of ether oxygens (including phenoxy) is 1. The lowest BCUT2D eigenvalue weighted by atomic mass is 10.1. The number of hydrogen-bond acceptors (Lipinski definition) is 7. The normalized spacial score (nSPS) is 11.2. The van der Waals surface area contributed by atoms with Crippen LogP contribution >= 0.6 is 0 Å². The number of carboxylic acid groups (broad SMARTS) is 2. The molecule has 0 bridgehead atoms. The van der Waals surface area contributed by atoms with Crippen molar-refractivity contribution in [1.82, 2.24) is 20.4 Å². The van der Waals surface area contributed by atoms with Crippen LogP contribution in [0, 0.1) is 0 Å².